The summed E-state index contributed by atoms with van der Waals surface area (Å²) in [6, 6.07) is 6.13. The lowest BCUT2D eigenvalue weighted by molar-refractivity contribution is -0.137. The zero-order valence-corrected chi connectivity index (χ0v) is 17.7. The summed E-state index contributed by atoms with van der Waals surface area (Å²) in [5, 5.41) is 9.55. The first-order valence-electron chi connectivity index (χ1n) is 8.96. The van der Waals surface area contributed by atoms with Crippen molar-refractivity contribution in [3.8, 4) is 17.0 Å². The Kier molecular flexibility index (Phi) is 5.87. The number of carbonyl (C=O) groups is 1. The second kappa shape index (κ2) is 7.95. The van der Waals surface area contributed by atoms with Crippen LogP contribution in [0.1, 0.15) is 35.0 Å². The molecule has 2 N–H and O–H groups in total. The van der Waals surface area contributed by atoms with Gasteiger partial charge in [0.2, 0.25) is 10.0 Å². The molecule has 1 amide bonds. The van der Waals surface area contributed by atoms with Crippen molar-refractivity contribution >= 4 is 37.5 Å². The first kappa shape index (κ1) is 22.2. The molecule has 0 aliphatic heterocycles. The van der Waals surface area contributed by atoms with Gasteiger partial charge in [-0.3, -0.25) is 4.79 Å². The van der Waals surface area contributed by atoms with Gasteiger partial charge in [0.25, 0.3) is 5.91 Å². The van der Waals surface area contributed by atoms with Gasteiger partial charge in [0.05, 0.1) is 32.6 Å². The molecule has 0 aliphatic carbocycles. The Morgan fingerprint density at radius 1 is 1.23 bits per heavy atom. The second-order valence-electron chi connectivity index (χ2n) is 6.83. The van der Waals surface area contributed by atoms with Crippen molar-refractivity contribution in [2.75, 3.05) is 6.26 Å². The van der Waals surface area contributed by atoms with Gasteiger partial charge >= 0.3 is 6.18 Å². The quantitative estimate of drug-likeness (QED) is 0.564. The molecule has 6 nitrogen and oxygen atoms in total. The summed E-state index contributed by atoms with van der Waals surface area (Å²) in [5.74, 6) is -1.28. The van der Waals surface area contributed by atoms with Gasteiger partial charge in [-0.15, -0.1) is 11.3 Å². The number of aromatic nitrogens is 1. The number of nitrogens with one attached hydrogen (secondary N) is 1. The number of hydrogen-bond donors (Lipinski definition) is 2. The van der Waals surface area contributed by atoms with E-state index < -0.39 is 33.4 Å². The normalized spacial score (nSPS) is 12.4. The Bertz CT molecular complexity index is 1210. The Labute approximate surface area is 175 Å². The molecular formula is C19H19F3N2O4S2. The van der Waals surface area contributed by atoms with Crippen LogP contribution in [0.4, 0.5) is 13.2 Å². The van der Waals surface area contributed by atoms with Crippen LogP contribution in [0, 0.1) is 0 Å². The summed E-state index contributed by atoms with van der Waals surface area (Å²) in [4.78, 5) is 12.3. The van der Waals surface area contributed by atoms with Gasteiger partial charge in [0.1, 0.15) is 5.75 Å². The minimum Gasteiger partial charge on any atom is -0.508 e. The van der Waals surface area contributed by atoms with Crippen LogP contribution in [0.3, 0.4) is 0 Å². The summed E-state index contributed by atoms with van der Waals surface area (Å²) in [7, 11) is -3.74. The molecular weight excluding hydrogens is 441 g/mol. The smallest absolute Gasteiger partial charge is 0.417 e. The van der Waals surface area contributed by atoms with E-state index in [4.69, 9.17) is 0 Å². The number of alkyl halides is 3. The van der Waals surface area contributed by atoms with Crippen LogP contribution in [-0.4, -0.2) is 30.3 Å². The van der Waals surface area contributed by atoms with Crippen molar-refractivity contribution in [3.63, 3.8) is 0 Å². The Morgan fingerprint density at radius 2 is 1.93 bits per heavy atom. The van der Waals surface area contributed by atoms with Gasteiger partial charge in [-0.05, 0) is 36.8 Å². The van der Waals surface area contributed by atoms with Crippen LogP contribution in [0.15, 0.2) is 30.3 Å². The predicted molar refractivity (Wildman–Crippen MR) is 109 cm³/mol. The van der Waals surface area contributed by atoms with Crippen molar-refractivity contribution in [3.05, 3.63) is 40.8 Å². The number of aromatic hydroxyl groups is 1. The zero-order valence-electron chi connectivity index (χ0n) is 16.1. The summed E-state index contributed by atoms with van der Waals surface area (Å²) >= 11 is 0.998. The summed E-state index contributed by atoms with van der Waals surface area (Å²) < 4.78 is 67.5. The number of sulfonamides is 1. The number of nitrogens with zero attached hydrogens (tertiary/aromatic N) is 1. The number of phenols is 1. The Hall–Kier alpha value is -2.53. The van der Waals surface area contributed by atoms with E-state index in [0.717, 1.165) is 24.0 Å². The van der Waals surface area contributed by atoms with E-state index in [9.17, 15) is 31.5 Å². The van der Waals surface area contributed by atoms with Crippen LogP contribution in [-0.2, 0) is 22.7 Å². The van der Waals surface area contributed by atoms with E-state index in [0.29, 0.717) is 34.9 Å². The van der Waals surface area contributed by atoms with Crippen molar-refractivity contribution in [1.29, 1.82) is 0 Å². The SMILES string of the molecule is CCCCn1c(-c2ccc(O)cc2C(F)(F)F)cc2sc(C(=O)NS(C)(=O)=O)cc21. The number of phenolic OH excluding ortho intramolecular Hbond substituents is 1. The topological polar surface area (TPSA) is 88.4 Å². The third-order valence-electron chi connectivity index (χ3n) is 4.41. The van der Waals surface area contributed by atoms with Crippen LogP contribution < -0.4 is 4.72 Å². The molecule has 11 heteroatoms. The predicted octanol–water partition coefficient (Wildman–Crippen LogP) is 4.58. The highest BCUT2D eigenvalue weighted by atomic mass is 32.2. The monoisotopic (exact) mass is 460 g/mol. The van der Waals surface area contributed by atoms with E-state index in [1.54, 1.807) is 10.6 Å². The molecule has 2 aromatic heterocycles. The summed E-state index contributed by atoms with van der Waals surface area (Å²) in [6.07, 6.45) is -2.31. The molecule has 0 spiro atoms. The number of amides is 1. The van der Waals surface area contributed by atoms with E-state index in [2.05, 4.69) is 0 Å². The number of hydrogen-bond acceptors (Lipinski definition) is 5. The lowest BCUT2D eigenvalue weighted by atomic mass is 10.0. The van der Waals surface area contributed by atoms with E-state index in [1.807, 2.05) is 11.6 Å². The highest BCUT2D eigenvalue weighted by molar-refractivity contribution is 7.89. The number of fused-ring (bicyclic) bond motifs is 1. The highest BCUT2D eigenvalue weighted by Crippen LogP contribution is 2.42. The van der Waals surface area contributed by atoms with Crippen LogP contribution in [0.5, 0.6) is 5.75 Å². The molecule has 0 saturated carbocycles. The van der Waals surface area contributed by atoms with Gasteiger partial charge in [-0.1, -0.05) is 13.3 Å². The van der Waals surface area contributed by atoms with Gasteiger partial charge < -0.3 is 9.67 Å². The summed E-state index contributed by atoms with van der Waals surface area (Å²) in [5.41, 5.74) is -0.183. The van der Waals surface area contributed by atoms with Crippen LogP contribution in [0.2, 0.25) is 0 Å². The number of rotatable bonds is 6. The van der Waals surface area contributed by atoms with E-state index in [-0.39, 0.29) is 10.4 Å². The molecule has 0 atom stereocenters. The molecule has 3 aromatic rings. The first-order valence-corrected chi connectivity index (χ1v) is 11.7. The molecule has 0 radical (unpaired) electrons. The third kappa shape index (κ3) is 4.62. The molecule has 0 bridgehead atoms. The van der Waals surface area contributed by atoms with Gasteiger partial charge in [0, 0.05) is 12.1 Å². The number of thiophene rings is 1. The maximum Gasteiger partial charge on any atom is 0.417 e. The van der Waals surface area contributed by atoms with Crippen molar-refractivity contribution < 1.29 is 31.5 Å². The fraction of sp³-hybridized carbons (Fsp3) is 0.316. The van der Waals surface area contributed by atoms with E-state index >= 15 is 0 Å². The molecule has 30 heavy (non-hydrogen) atoms. The van der Waals surface area contributed by atoms with Crippen molar-refractivity contribution in [2.45, 2.75) is 32.5 Å². The molecule has 2 heterocycles. The van der Waals surface area contributed by atoms with Gasteiger partial charge in [-0.2, -0.15) is 13.2 Å². The number of halogens is 3. The van der Waals surface area contributed by atoms with Crippen molar-refractivity contribution in [2.24, 2.45) is 0 Å². The highest BCUT2D eigenvalue weighted by Gasteiger charge is 2.35. The molecule has 0 saturated heterocycles. The largest absolute Gasteiger partial charge is 0.508 e. The fourth-order valence-electron chi connectivity index (χ4n) is 3.14. The number of carbonyl (C=O) groups excluding carboxylic acids is 1. The number of unbranched alkanes of at least 4 members (excludes halogenated alkanes) is 1. The zero-order chi connectivity index (χ0) is 22.3. The van der Waals surface area contributed by atoms with Gasteiger partial charge in [0.15, 0.2) is 0 Å². The second-order valence-corrected chi connectivity index (χ2v) is 9.66. The fourth-order valence-corrected chi connectivity index (χ4v) is 4.65. The lowest BCUT2D eigenvalue weighted by Crippen LogP contribution is -2.28. The third-order valence-corrected chi connectivity index (χ3v) is 6.04. The summed E-state index contributed by atoms with van der Waals surface area (Å²) in [6.45, 7) is 2.36. The standard InChI is InChI=1S/C19H19F3N2O4S2/c1-3-4-7-24-14(12-6-5-11(25)8-13(12)19(20,21)22)9-16-15(24)10-17(29-16)18(26)23-30(2,27)28/h5-6,8-10,25H,3-4,7H2,1-2H3,(H,23,26). The van der Waals surface area contributed by atoms with Crippen LogP contribution >= 0.6 is 11.3 Å². The Balaban J connectivity index is 2.17. The first-order chi connectivity index (χ1) is 13.9. The minimum atomic E-state index is -4.66. The van der Waals surface area contributed by atoms with Gasteiger partial charge in [-0.25, -0.2) is 13.1 Å². The number of benzene rings is 1. The molecule has 0 fully saturated rings. The molecule has 162 valence electrons. The number of aryl methyl sites for hydroxylation is 1. The molecule has 0 unspecified atom stereocenters. The maximum atomic E-state index is 13.6. The average Bonchev–Trinajstić information content (AvgIpc) is 3.16. The minimum absolute atomic E-state index is 0.0815. The van der Waals surface area contributed by atoms with E-state index in [1.165, 1.54) is 18.2 Å². The Morgan fingerprint density at radius 3 is 2.53 bits per heavy atom. The molecule has 0 aliphatic rings. The molecule has 3 rings (SSSR count). The molecule has 1 aromatic carbocycles. The van der Waals surface area contributed by atoms with Crippen LogP contribution in [0.25, 0.3) is 21.5 Å². The maximum absolute atomic E-state index is 13.6. The van der Waals surface area contributed by atoms with Crippen molar-refractivity contribution in [1.82, 2.24) is 9.29 Å². The lowest BCUT2D eigenvalue weighted by Gasteiger charge is -2.16. The average molecular weight is 460 g/mol.